The predicted octanol–water partition coefficient (Wildman–Crippen LogP) is 4.24. The molecule has 0 unspecified atom stereocenters. The first-order valence-corrected chi connectivity index (χ1v) is 11.9. The van der Waals surface area contributed by atoms with E-state index in [-0.39, 0.29) is 29.6 Å². The Labute approximate surface area is 222 Å². The minimum absolute atomic E-state index is 0.0470. The molecule has 202 valence electrons. The van der Waals surface area contributed by atoms with Crippen LogP contribution in [-0.2, 0) is 11.0 Å². The number of anilines is 2. The van der Waals surface area contributed by atoms with Crippen molar-refractivity contribution in [3.8, 4) is 28.7 Å². The molecule has 1 amide bonds. The average molecular weight is 539 g/mol. The Morgan fingerprint density at radius 3 is 2.64 bits per heavy atom. The molecular formula is C27H25F3N6O3. The van der Waals surface area contributed by atoms with Crippen LogP contribution < -0.4 is 15.8 Å². The summed E-state index contributed by atoms with van der Waals surface area (Å²) >= 11 is 0. The number of nitrogens with two attached hydrogens (primary N) is 1. The number of piperidine rings is 1. The standard InChI is InChI=1S/C27H25F3N6O3/c1-16(12-31)26(38)36-10-9-18(22(37)14-36)13-33-25-23(24(32)34-15-35-25)17-5-7-20(8-6-17)39-21-4-2-3-19(11-21)27(28,29)30/h2-8,11,15,18,22,37H,1,9-10,13-14H2,(H3,32,33,34,35)/t18-,22+/m0/s1. The van der Waals surface area contributed by atoms with Crippen LogP contribution in [0, 0.1) is 17.2 Å². The minimum atomic E-state index is -4.48. The summed E-state index contributed by atoms with van der Waals surface area (Å²) in [7, 11) is 0. The summed E-state index contributed by atoms with van der Waals surface area (Å²) in [6.07, 6.45) is -3.50. The van der Waals surface area contributed by atoms with E-state index in [4.69, 9.17) is 15.7 Å². The zero-order valence-electron chi connectivity index (χ0n) is 20.7. The van der Waals surface area contributed by atoms with Crippen molar-refractivity contribution in [2.45, 2.75) is 18.7 Å². The molecule has 0 radical (unpaired) electrons. The largest absolute Gasteiger partial charge is 0.457 e. The lowest BCUT2D eigenvalue weighted by Gasteiger charge is -2.36. The van der Waals surface area contributed by atoms with Gasteiger partial charge in [-0.3, -0.25) is 4.79 Å². The fourth-order valence-corrected chi connectivity index (χ4v) is 4.25. The summed E-state index contributed by atoms with van der Waals surface area (Å²) in [6.45, 7) is 4.22. The molecule has 0 aliphatic carbocycles. The highest BCUT2D eigenvalue weighted by molar-refractivity contribution is 5.96. The van der Waals surface area contributed by atoms with E-state index >= 15 is 0 Å². The van der Waals surface area contributed by atoms with E-state index in [2.05, 4.69) is 21.9 Å². The van der Waals surface area contributed by atoms with Gasteiger partial charge in [0.2, 0.25) is 0 Å². The maximum Gasteiger partial charge on any atom is 0.416 e. The topological polar surface area (TPSA) is 137 Å². The first-order valence-electron chi connectivity index (χ1n) is 11.9. The van der Waals surface area contributed by atoms with E-state index in [0.717, 1.165) is 12.1 Å². The van der Waals surface area contributed by atoms with Crippen molar-refractivity contribution >= 4 is 17.5 Å². The normalized spacial score (nSPS) is 17.3. The SMILES string of the molecule is C=C(C#N)C(=O)N1CC[C@@H](CNc2ncnc(N)c2-c2ccc(Oc3cccc(C(F)(F)F)c3)cc2)[C@H](O)C1. The van der Waals surface area contributed by atoms with Gasteiger partial charge in [0.15, 0.2) is 0 Å². The number of aliphatic hydroxyl groups excluding tert-OH is 1. The molecule has 0 bridgehead atoms. The van der Waals surface area contributed by atoms with Gasteiger partial charge in [-0.2, -0.15) is 18.4 Å². The van der Waals surface area contributed by atoms with Gasteiger partial charge >= 0.3 is 6.18 Å². The Kier molecular flexibility index (Phi) is 8.01. The van der Waals surface area contributed by atoms with Crippen molar-refractivity contribution in [2.24, 2.45) is 5.92 Å². The van der Waals surface area contributed by atoms with Gasteiger partial charge in [0, 0.05) is 25.6 Å². The third kappa shape index (κ3) is 6.45. The Hall–Kier alpha value is -4.63. The molecule has 2 heterocycles. The van der Waals surface area contributed by atoms with Crippen molar-refractivity contribution < 1.29 is 27.8 Å². The number of alkyl halides is 3. The second kappa shape index (κ2) is 11.4. The quantitative estimate of drug-likeness (QED) is 0.300. The van der Waals surface area contributed by atoms with Gasteiger partial charge in [0.25, 0.3) is 5.91 Å². The lowest BCUT2D eigenvalue weighted by molar-refractivity contribution is -0.137. The molecule has 1 aliphatic rings. The fraction of sp³-hybridized carbons (Fsp3) is 0.259. The van der Waals surface area contributed by atoms with E-state index in [0.29, 0.717) is 42.2 Å². The van der Waals surface area contributed by atoms with E-state index < -0.39 is 23.8 Å². The molecule has 4 rings (SSSR count). The van der Waals surface area contributed by atoms with Crippen LogP contribution in [0.1, 0.15) is 12.0 Å². The lowest BCUT2D eigenvalue weighted by atomic mass is 9.93. The van der Waals surface area contributed by atoms with Crippen LogP contribution in [0.2, 0.25) is 0 Å². The number of hydrogen-bond donors (Lipinski definition) is 3. The number of nitrogens with zero attached hydrogens (tertiary/aromatic N) is 4. The molecule has 9 nitrogen and oxygen atoms in total. The summed E-state index contributed by atoms with van der Waals surface area (Å²) in [5.41, 5.74) is 6.31. The van der Waals surface area contributed by atoms with E-state index in [9.17, 15) is 23.1 Å². The average Bonchev–Trinajstić information content (AvgIpc) is 2.92. The predicted molar refractivity (Wildman–Crippen MR) is 137 cm³/mol. The zero-order valence-corrected chi connectivity index (χ0v) is 20.7. The number of benzene rings is 2. The first-order chi connectivity index (χ1) is 18.6. The van der Waals surface area contributed by atoms with Gasteiger partial charge in [-0.05, 0) is 42.3 Å². The Bertz CT molecular complexity index is 1410. The van der Waals surface area contributed by atoms with Crippen molar-refractivity contribution in [2.75, 3.05) is 30.7 Å². The number of halogens is 3. The van der Waals surface area contributed by atoms with Gasteiger partial charge in [-0.15, -0.1) is 0 Å². The number of rotatable bonds is 7. The van der Waals surface area contributed by atoms with E-state index in [1.807, 2.05) is 0 Å². The van der Waals surface area contributed by atoms with Gasteiger partial charge in [0.1, 0.15) is 41.1 Å². The van der Waals surface area contributed by atoms with Crippen LogP contribution in [-0.4, -0.2) is 51.6 Å². The maximum atomic E-state index is 13.0. The molecule has 3 aromatic rings. The Morgan fingerprint density at radius 2 is 1.97 bits per heavy atom. The molecule has 0 spiro atoms. The molecule has 12 heteroatoms. The number of nitrogens with one attached hydrogen (secondary N) is 1. The molecule has 4 N–H and O–H groups in total. The van der Waals surface area contributed by atoms with Crippen molar-refractivity contribution in [3.05, 3.63) is 72.6 Å². The number of likely N-dealkylation sites (tertiary alicyclic amines) is 1. The van der Waals surface area contributed by atoms with Gasteiger partial charge in [-0.1, -0.05) is 24.8 Å². The number of ether oxygens (including phenoxy) is 1. The molecule has 1 fully saturated rings. The van der Waals surface area contributed by atoms with Crippen molar-refractivity contribution in [3.63, 3.8) is 0 Å². The van der Waals surface area contributed by atoms with Crippen LogP contribution in [0.15, 0.2) is 67.0 Å². The molecular weight excluding hydrogens is 513 g/mol. The number of aromatic nitrogens is 2. The van der Waals surface area contributed by atoms with Crippen LogP contribution >= 0.6 is 0 Å². The molecule has 1 saturated heterocycles. The van der Waals surface area contributed by atoms with Crippen LogP contribution in [0.25, 0.3) is 11.1 Å². The van der Waals surface area contributed by atoms with Crippen LogP contribution in [0.5, 0.6) is 11.5 Å². The summed E-state index contributed by atoms with van der Waals surface area (Å²) < 4.78 is 44.6. The van der Waals surface area contributed by atoms with E-state index in [1.54, 1.807) is 30.3 Å². The number of nitriles is 1. The number of aliphatic hydroxyl groups is 1. The molecule has 2 atom stereocenters. The number of carbonyl (C=O) groups is 1. The molecule has 1 aliphatic heterocycles. The van der Waals surface area contributed by atoms with E-state index in [1.165, 1.54) is 23.4 Å². The zero-order chi connectivity index (χ0) is 28.2. The molecule has 1 aromatic heterocycles. The monoisotopic (exact) mass is 538 g/mol. The maximum absolute atomic E-state index is 13.0. The van der Waals surface area contributed by atoms with Gasteiger partial charge < -0.3 is 25.8 Å². The lowest BCUT2D eigenvalue weighted by Crippen LogP contribution is -2.48. The summed E-state index contributed by atoms with van der Waals surface area (Å²) in [5.74, 6) is 0.316. The first kappa shape index (κ1) is 27.4. The third-order valence-electron chi connectivity index (χ3n) is 6.35. The molecule has 2 aromatic carbocycles. The smallest absolute Gasteiger partial charge is 0.416 e. The summed E-state index contributed by atoms with van der Waals surface area (Å²) in [4.78, 5) is 21.9. The third-order valence-corrected chi connectivity index (χ3v) is 6.35. The van der Waals surface area contributed by atoms with Crippen LogP contribution in [0.3, 0.4) is 0 Å². The van der Waals surface area contributed by atoms with Crippen molar-refractivity contribution in [1.29, 1.82) is 5.26 Å². The molecule has 0 saturated carbocycles. The van der Waals surface area contributed by atoms with Crippen LogP contribution in [0.4, 0.5) is 24.8 Å². The summed E-state index contributed by atoms with van der Waals surface area (Å²) in [6, 6.07) is 12.9. The number of amides is 1. The highest BCUT2D eigenvalue weighted by Gasteiger charge is 2.32. The highest BCUT2D eigenvalue weighted by Crippen LogP contribution is 2.35. The number of nitrogen functional groups attached to an aromatic ring is 1. The Morgan fingerprint density at radius 1 is 1.23 bits per heavy atom. The molecule has 39 heavy (non-hydrogen) atoms. The second-order valence-electron chi connectivity index (χ2n) is 8.97. The summed E-state index contributed by atoms with van der Waals surface area (Å²) in [5, 5.41) is 22.7. The fourth-order valence-electron chi connectivity index (χ4n) is 4.25. The van der Waals surface area contributed by atoms with Gasteiger partial charge in [0.05, 0.1) is 17.2 Å². The number of carbonyl (C=O) groups excluding carboxylic acids is 1. The highest BCUT2D eigenvalue weighted by atomic mass is 19.4. The Balaban J connectivity index is 1.44. The number of hydrogen-bond acceptors (Lipinski definition) is 8. The number of β-amino-alcohol motifs (C(OH)–C–C–N with tert-alkyl or cyclic N) is 1. The minimum Gasteiger partial charge on any atom is -0.457 e. The van der Waals surface area contributed by atoms with Crippen molar-refractivity contribution in [1.82, 2.24) is 14.9 Å². The second-order valence-corrected chi connectivity index (χ2v) is 8.97. The van der Waals surface area contributed by atoms with Gasteiger partial charge in [-0.25, -0.2) is 9.97 Å².